The molecule has 1 saturated heterocycles. The van der Waals surface area contributed by atoms with Crippen molar-refractivity contribution in [2.24, 2.45) is 0 Å². The van der Waals surface area contributed by atoms with E-state index in [1.807, 2.05) is 6.92 Å². The number of amides is 3. The lowest BCUT2D eigenvalue weighted by atomic mass is 10.2. The van der Waals surface area contributed by atoms with Gasteiger partial charge in [0.25, 0.3) is 5.91 Å². The third kappa shape index (κ3) is 5.42. The summed E-state index contributed by atoms with van der Waals surface area (Å²) in [7, 11) is -3.22. The van der Waals surface area contributed by atoms with Crippen LogP contribution < -0.4 is 10.1 Å². The van der Waals surface area contributed by atoms with E-state index in [-0.39, 0.29) is 18.7 Å². The van der Waals surface area contributed by atoms with E-state index in [0.29, 0.717) is 12.2 Å². The van der Waals surface area contributed by atoms with Gasteiger partial charge in [0.2, 0.25) is 0 Å². The fourth-order valence-electron chi connectivity index (χ4n) is 2.46. The minimum absolute atomic E-state index is 0.00700. The molecule has 1 aromatic rings. The Balaban J connectivity index is 1.99. The maximum Gasteiger partial charge on any atom is 0.324 e. The summed E-state index contributed by atoms with van der Waals surface area (Å²) in [5.41, 5.74) is 0. The molecule has 9 heteroatoms. The van der Waals surface area contributed by atoms with Gasteiger partial charge in [-0.25, -0.2) is 17.6 Å². The fraction of sp³-hybridized carbons (Fsp3) is 0.500. The Hall–Kier alpha value is -2.16. The highest BCUT2D eigenvalue weighted by Crippen LogP contribution is 2.18. The highest BCUT2D eigenvalue weighted by atomic mass is 32.2. The number of benzene rings is 1. The number of hydrogen-bond acceptors (Lipinski definition) is 5. The van der Waals surface area contributed by atoms with Crippen LogP contribution in [0.5, 0.6) is 5.75 Å². The minimum Gasteiger partial charge on any atom is -0.488 e. The van der Waals surface area contributed by atoms with Gasteiger partial charge in [0.05, 0.1) is 12.3 Å². The molecule has 1 N–H and O–H groups in total. The van der Waals surface area contributed by atoms with Gasteiger partial charge in [0.15, 0.2) is 0 Å². The van der Waals surface area contributed by atoms with Crippen LogP contribution in [-0.4, -0.2) is 56.0 Å². The van der Waals surface area contributed by atoms with Crippen molar-refractivity contribution in [2.45, 2.75) is 31.9 Å². The zero-order valence-corrected chi connectivity index (χ0v) is 14.9. The lowest BCUT2D eigenvalue weighted by Crippen LogP contribution is -2.40. The van der Waals surface area contributed by atoms with Crippen molar-refractivity contribution < 1.29 is 27.1 Å². The third-order valence-corrected chi connectivity index (χ3v) is 4.80. The molecule has 1 aliphatic heterocycles. The van der Waals surface area contributed by atoms with Crippen LogP contribution in [0.4, 0.5) is 9.18 Å². The van der Waals surface area contributed by atoms with E-state index in [1.165, 1.54) is 18.2 Å². The predicted octanol–water partition coefficient (Wildman–Crippen LogP) is 1.34. The van der Waals surface area contributed by atoms with E-state index in [2.05, 4.69) is 5.32 Å². The SMILES string of the molecule is CC[C@H](CN1C(=O)N[C@H](CCS(C)(=O)=O)C1=O)Oc1cccc(F)c1. The van der Waals surface area contributed by atoms with Crippen molar-refractivity contribution in [1.82, 2.24) is 10.2 Å². The van der Waals surface area contributed by atoms with Gasteiger partial charge in [-0.3, -0.25) is 9.69 Å². The number of hydrogen-bond donors (Lipinski definition) is 1. The number of nitrogens with one attached hydrogen (secondary N) is 1. The van der Waals surface area contributed by atoms with Crippen molar-refractivity contribution in [3.8, 4) is 5.75 Å². The van der Waals surface area contributed by atoms with Crippen molar-refractivity contribution in [1.29, 1.82) is 0 Å². The number of rotatable bonds is 8. The molecular weight excluding hydrogens is 351 g/mol. The minimum atomic E-state index is -3.22. The number of ether oxygens (including phenoxy) is 1. The van der Waals surface area contributed by atoms with E-state index < -0.39 is 39.7 Å². The first-order valence-corrected chi connectivity index (χ1v) is 9.97. The first-order chi connectivity index (χ1) is 11.7. The van der Waals surface area contributed by atoms with Crippen LogP contribution in [0.25, 0.3) is 0 Å². The first-order valence-electron chi connectivity index (χ1n) is 7.91. The number of sulfone groups is 1. The number of nitrogens with zero attached hydrogens (tertiary/aromatic N) is 1. The molecule has 0 aromatic heterocycles. The molecule has 0 radical (unpaired) electrons. The van der Waals surface area contributed by atoms with Gasteiger partial charge in [-0.15, -0.1) is 0 Å². The van der Waals surface area contributed by atoms with E-state index >= 15 is 0 Å². The summed E-state index contributed by atoms with van der Waals surface area (Å²) in [5.74, 6) is -0.792. The molecule has 2 rings (SSSR count). The average Bonchev–Trinajstić information content (AvgIpc) is 2.79. The maximum absolute atomic E-state index is 13.2. The van der Waals surface area contributed by atoms with Gasteiger partial charge in [-0.2, -0.15) is 0 Å². The summed E-state index contributed by atoms with van der Waals surface area (Å²) in [4.78, 5) is 25.3. The van der Waals surface area contributed by atoms with Gasteiger partial charge in [-0.05, 0) is 25.0 Å². The van der Waals surface area contributed by atoms with Gasteiger partial charge < -0.3 is 10.1 Å². The molecule has 7 nitrogen and oxygen atoms in total. The molecule has 1 aliphatic rings. The molecule has 3 amide bonds. The highest BCUT2D eigenvalue weighted by Gasteiger charge is 2.39. The molecule has 0 spiro atoms. The topological polar surface area (TPSA) is 92.8 Å². The Morgan fingerprint density at radius 3 is 2.68 bits per heavy atom. The Morgan fingerprint density at radius 2 is 2.08 bits per heavy atom. The van der Waals surface area contributed by atoms with Crippen LogP contribution in [0, 0.1) is 5.82 Å². The van der Waals surface area contributed by atoms with Gasteiger partial charge in [0.1, 0.15) is 33.5 Å². The summed E-state index contributed by atoms with van der Waals surface area (Å²) in [6.45, 7) is 1.83. The number of carbonyl (C=O) groups is 2. The van der Waals surface area contributed by atoms with Crippen molar-refractivity contribution in [3.05, 3.63) is 30.1 Å². The van der Waals surface area contributed by atoms with Crippen LogP contribution >= 0.6 is 0 Å². The highest BCUT2D eigenvalue weighted by molar-refractivity contribution is 7.90. The zero-order chi connectivity index (χ0) is 18.6. The third-order valence-electron chi connectivity index (χ3n) is 3.82. The molecule has 0 bridgehead atoms. The Morgan fingerprint density at radius 1 is 1.36 bits per heavy atom. The van der Waals surface area contributed by atoms with E-state index in [9.17, 15) is 22.4 Å². The number of imide groups is 1. The number of urea groups is 1. The van der Waals surface area contributed by atoms with E-state index in [1.54, 1.807) is 6.07 Å². The maximum atomic E-state index is 13.2. The monoisotopic (exact) mass is 372 g/mol. The zero-order valence-electron chi connectivity index (χ0n) is 14.1. The van der Waals surface area contributed by atoms with Crippen LogP contribution in [0.3, 0.4) is 0 Å². The normalized spacial score (nSPS) is 19.0. The average molecular weight is 372 g/mol. The lowest BCUT2D eigenvalue weighted by Gasteiger charge is -2.22. The number of halogens is 1. The van der Waals surface area contributed by atoms with Gasteiger partial charge in [0, 0.05) is 12.3 Å². The summed E-state index contributed by atoms with van der Waals surface area (Å²) in [5, 5.41) is 2.49. The Bertz CT molecular complexity index is 753. The van der Waals surface area contributed by atoms with Gasteiger partial charge >= 0.3 is 6.03 Å². The van der Waals surface area contributed by atoms with E-state index in [4.69, 9.17) is 4.74 Å². The largest absolute Gasteiger partial charge is 0.488 e. The second-order valence-corrected chi connectivity index (χ2v) is 8.23. The second kappa shape index (κ2) is 7.81. The predicted molar refractivity (Wildman–Crippen MR) is 89.5 cm³/mol. The summed E-state index contributed by atoms with van der Waals surface area (Å²) in [6.07, 6.45) is 1.11. The Kier molecular flexibility index (Phi) is 5.99. The van der Waals surface area contributed by atoms with Crippen LogP contribution in [-0.2, 0) is 14.6 Å². The summed E-state index contributed by atoms with van der Waals surface area (Å²) >= 11 is 0. The molecule has 1 heterocycles. The molecule has 25 heavy (non-hydrogen) atoms. The standard InChI is InChI=1S/C16H21FN2O5S/c1-3-12(24-13-6-4-5-11(17)9-13)10-19-15(20)14(18-16(19)21)7-8-25(2,22)23/h4-6,9,12,14H,3,7-8,10H2,1-2H3,(H,18,21)/t12-,14-/m1/s1. The Labute approximate surface area is 146 Å². The summed E-state index contributed by atoms with van der Waals surface area (Å²) in [6, 6.07) is 4.18. The summed E-state index contributed by atoms with van der Waals surface area (Å²) < 4.78 is 41.3. The molecule has 1 fully saturated rings. The molecule has 0 aliphatic carbocycles. The first kappa shape index (κ1) is 19.2. The molecule has 0 unspecified atom stereocenters. The smallest absolute Gasteiger partial charge is 0.324 e. The molecule has 138 valence electrons. The lowest BCUT2D eigenvalue weighted by molar-refractivity contribution is -0.128. The molecule has 1 aromatic carbocycles. The fourth-order valence-corrected chi connectivity index (χ4v) is 3.13. The van der Waals surface area contributed by atoms with Gasteiger partial charge in [-0.1, -0.05) is 13.0 Å². The van der Waals surface area contributed by atoms with E-state index in [0.717, 1.165) is 11.2 Å². The van der Waals surface area contributed by atoms with Crippen molar-refractivity contribution in [2.75, 3.05) is 18.6 Å². The quantitative estimate of drug-likeness (QED) is 0.695. The molecule has 0 saturated carbocycles. The van der Waals surface area contributed by atoms with Crippen LogP contribution in [0.1, 0.15) is 19.8 Å². The van der Waals surface area contributed by atoms with Crippen molar-refractivity contribution >= 4 is 21.8 Å². The van der Waals surface area contributed by atoms with Crippen molar-refractivity contribution in [3.63, 3.8) is 0 Å². The molecule has 2 atom stereocenters. The molecular formula is C16H21FN2O5S. The second-order valence-electron chi connectivity index (χ2n) is 5.97. The van der Waals surface area contributed by atoms with Crippen LogP contribution in [0.2, 0.25) is 0 Å². The number of carbonyl (C=O) groups excluding carboxylic acids is 2. The van der Waals surface area contributed by atoms with Crippen LogP contribution in [0.15, 0.2) is 24.3 Å².